The molecule has 2 aromatic heterocycles. The number of carbonyl (C=O) groups is 2. The monoisotopic (exact) mass is 392 g/mol. The zero-order valence-electron chi connectivity index (χ0n) is 14.4. The minimum absolute atomic E-state index is 0.0155. The fourth-order valence-corrected chi connectivity index (χ4v) is 4.37. The highest BCUT2D eigenvalue weighted by Crippen LogP contribution is 2.37. The van der Waals surface area contributed by atoms with Gasteiger partial charge in [0, 0.05) is 11.4 Å². The van der Waals surface area contributed by atoms with Crippen molar-refractivity contribution in [1.29, 1.82) is 0 Å². The Labute approximate surface area is 159 Å². The van der Waals surface area contributed by atoms with Crippen molar-refractivity contribution < 1.29 is 14.0 Å². The van der Waals surface area contributed by atoms with Crippen LogP contribution in [0.5, 0.6) is 0 Å². The van der Waals surface area contributed by atoms with Gasteiger partial charge < -0.3 is 9.73 Å². The molecule has 0 radical (unpaired) electrons. The Hall–Kier alpha value is -2.13. The number of hydrogen-bond acceptors (Lipinski definition) is 7. The zero-order valence-corrected chi connectivity index (χ0v) is 16.0. The normalized spacial score (nSPS) is 16.0. The number of thioether (sulfide) groups is 1. The molecule has 9 heteroatoms. The number of thiophene rings is 1. The molecule has 1 atom stereocenters. The van der Waals surface area contributed by atoms with Gasteiger partial charge in [0.15, 0.2) is 0 Å². The van der Waals surface area contributed by atoms with Crippen LogP contribution >= 0.6 is 23.1 Å². The molecule has 0 aromatic carbocycles. The zero-order chi connectivity index (χ0) is 18.5. The first-order valence-electron chi connectivity index (χ1n) is 8.32. The lowest BCUT2D eigenvalue weighted by Crippen LogP contribution is -2.40. The van der Waals surface area contributed by atoms with Gasteiger partial charge in [-0.15, -0.1) is 28.1 Å². The van der Waals surface area contributed by atoms with E-state index in [4.69, 9.17) is 4.42 Å². The van der Waals surface area contributed by atoms with E-state index in [1.54, 1.807) is 11.3 Å². The number of aryl methyl sites for hydroxylation is 1. The molecule has 0 saturated carbocycles. The van der Waals surface area contributed by atoms with Crippen molar-refractivity contribution in [3.05, 3.63) is 29.2 Å². The van der Waals surface area contributed by atoms with Crippen LogP contribution in [0, 0.1) is 5.92 Å². The van der Waals surface area contributed by atoms with Gasteiger partial charge in [0.05, 0.1) is 10.6 Å². The van der Waals surface area contributed by atoms with E-state index in [9.17, 15) is 9.59 Å². The molecule has 3 rings (SSSR count). The van der Waals surface area contributed by atoms with Gasteiger partial charge in [-0.1, -0.05) is 24.8 Å². The largest absolute Gasteiger partial charge is 0.410 e. The number of rotatable bonds is 6. The van der Waals surface area contributed by atoms with Crippen molar-refractivity contribution >= 4 is 35.0 Å². The van der Waals surface area contributed by atoms with Gasteiger partial charge in [-0.3, -0.25) is 10.1 Å². The van der Waals surface area contributed by atoms with Crippen molar-refractivity contribution in [1.82, 2.24) is 20.8 Å². The van der Waals surface area contributed by atoms with Crippen LogP contribution in [-0.4, -0.2) is 34.4 Å². The number of aromatic nitrogens is 2. The summed E-state index contributed by atoms with van der Waals surface area (Å²) < 4.78 is 5.65. The predicted octanol–water partition coefficient (Wildman–Crippen LogP) is 3.03. The van der Waals surface area contributed by atoms with E-state index < -0.39 is 11.9 Å². The third-order valence-electron chi connectivity index (χ3n) is 3.93. The van der Waals surface area contributed by atoms with Crippen LogP contribution < -0.4 is 10.6 Å². The van der Waals surface area contributed by atoms with Crippen LogP contribution in [0.25, 0.3) is 10.8 Å². The molecule has 0 unspecified atom stereocenters. The van der Waals surface area contributed by atoms with E-state index in [0.717, 1.165) is 29.5 Å². The second-order valence-corrected chi connectivity index (χ2v) is 8.18. The lowest BCUT2D eigenvalue weighted by Gasteiger charge is -2.16. The molecular weight excluding hydrogens is 372 g/mol. The number of nitrogens with zero attached hydrogens (tertiary/aromatic N) is 2. The number of nitrogens with one attached hydrogen (secondary N) is 2. The van der Waals surface area contributed by atoms with Gasteiger partial charge in [-0.25, -0.2) is 4.79 Å². The van der Waals surface area contributed by atoms with Gasteiger partial charge in [0.2, 0.25) is 5.91 Å². The molecule has 2 N–H and O–H groups in total. The minimum atomic E-state index is -0.555. The maximum atomic E-state index is 11.7. The Bertz CT molecular complexity index is 815. The summed E-state index contributed by atoms with van der Waals surface area (Å²) in [6.45, 7) is 6.04. The lowest BCUT2D eigenvalue weighted by atomic mass is 9.90. The second-order valence-electron chi connectivity index (χ2n) is 6.12. The number of fused-ring (bicyclic) bond motifs is 1. The molecule has 3 amide bonds. The van der Waals surface area contributed by atoms with E-state index in [1.807, 2.05) is 0 Å². The molecule has 7 nitrogen and oxygen atoms in total. The maximum Gasteiger partial charge on any atom is 0.321 e. The third kappa shape index (κ3) is 4.73. The van der Waals surface area contributed by atoms with Crippen LogP contribution in [0.2, 0.25) is 0 Å². The lowest BCUT2D eigenvalue weighted by molar-refractivity contribution is -0.117. The quantitative estimate of drug-likeness (QED) is 0.579. The summed E-state index contributed by atoms with van der Waals surface area (Å²) >= 11 is 2.80. The number of imide groups is 1. The number of amides is 3. The van der Waals surface area contributed by atoms with Gasteiger partial charge >= 0.3 is 6.03 Å². The smallest absolute Gasteiger partial charge is 0.321 e. The van der Waals surface area contributed by atoms with Gasteiger partial charge in [-0.2, -0.15) is 0 Å². The highest BCUT2D eigenvalue weighted by atomic mass is 32.2. The van der Waals surface area contributed by atoms with Crippen LogP contribution in [0.3, 0.4) is 0 Å². The van der Waals surface area contributed by atoms with Crippen LogP contribution in [0.15, 0.2) is 28.4 Å². The SMILES string of the molecule is C=CCNC(=O)NC(=O)CSc1nnc(-c2cc3c(s2)CC[C@@H](C)C3)o1. The Kier molecular flexibility index (Phi) is 6.10. The minimum Gasteiger partial charge on any atom is -0.410 e. The first-order valence-corrected chi connectivity index (χ1v) is 10.1. The first-order chi connectivity index (χ1) is 12.5. The van der Waals surface area contributed by atoms with E-state index in [1.165, 1.54) is 22.9 Å². The van der Waals surface area contributed by atoms with Crippen molar-refractivity contribution in [2.75, 3.05) is 12.3 Å². The van der Waals surface area contributed by atoms with Crippen molar-refractivity contribution in [3.63, 3.8) is 0 Å². The maximum absolute atomic E-state index is 11.7. The number of hydrogen-bond donors (Lipinski definition) is 2. The summed E-state index contributed by atoms with van der Waals surface area (Å²) in [6.07, 6.45) is 4.94. The van der Waals surface area contributed by atoms with Gasteiger partial charge in [0.1, 0.15) is 0 Å². The summed E-state index contributed by atoms with van der Waals surface area (Å²) in [7, 11) is 0. The molecular formula is C17H20N4O3S2. The number of urea groups is 1. The van der Waals surface area contributed by atoms with Gasteiger partial charge in [0.25, 0.3) is 11.1 Å². The summed E-state index contributed by atoms with van der Waals surface area (Å²) in [5.41, 5.74) is 1.38. The molecule has 1 aliphatic rings. The standard InChI is InChI=1S/C17H20N4O3S2/c1-3-6-18-16(23)19-14(22)9-25-17-21-20-15(24-17)13-8-11-7-10(2)4-5-12(11)26-13/h3,8,10H,1,4-7,9H2,2H3,(H2,18,19,22,23)/t10-/m1/s1. The first kappa shape index (κ1) is 18.7. The molecule has 0 saturated heterocycles. The fraction of sp³-hybridized carbons (Fsp3) is 0.412. The van der Waals surface area contributed by atoms with E-state index in [0.29, 0.717) is 23.6 Å². The van der Waals surface area contributed by atoms with Crippen molar-refractivity contribution in [3.8, 4) is 10.8 Å². The Morgan fingerprint density at radius 3 is 3.15 bits per heavy atom. The van der Waals surface area contributed by atoms with Crippen LogP contribution in [-0.2, 0) is 17.6 Å². The van der Waals surface area contributed by atoms with Gasteiger partial charge in [-0.05, 0) is 36.8 Å². The molecule has 0 aliphatic heterocycles. The van der Waals surface area contributed by atoms with Crippen LogP contribution in [0.1, 0.15) is 23.8 Å². The molecule has 0 fully saturated rings. The molecule has 0 bridgehead atoms. The fourth-order valence-electron chi connectivity index (χ4n) is 2.68. The Morgan fingerprint density at radius 1 is 1.50 bits per heavy atom. The highest BCUT2D eigenvalue weighted by Gasteiger charge is 2.21. The molecule has 138 valence electrons. The molecule has 1 aliphatic carbocycles. The summed E-state index contributed by atoms with van der Waals surface area (Å²) in [5, 5.41) is 13.0. The molecule has 2 aromatic rings. The summed E-state index contributed by atoms with van der Waals surface area (Å²) in [6, 6.07) is 1.58. The predicted molar refractivity (Wildman–Crippen MR) is 101 cm³/mol. The average molecular weight is 393 g/mol. The van der Waals surface area contributed by atoms with Crippen molar-refractivity contribution in [2.45, 2.75) is 31.4 Å². The molecule has 26 heavy (non-hydrogen) atoms. The average Bonchev–Trinajstić information content (AvgIpc) is 3.24. The third-order valence-corrected chi connectivity index (χ3v) is 5.98. The number of carbonyl (C=O) groups excluding carboxylic acids is 2. The molecule has 2 heterocycles. The van der Waals surface area contributed by atoms with E-state index in [2.05, 4.69) is 40.4 Å². The van der Waals surface area contributed by atoms with Crippen molar-refractivity contribution in [2.24, 2.45) is 5.92 Å². The Balaban J connectivity index is 1.54. The summed E-state index contributed by atoms with van der Waals surface area (Å²) in [4.78, 5) is 25.5. The van der Waals surface area contributed by atoms with Crippen LogP contribution in [0.4, 0.5) is 4.79 Å². The summed E-state index contributed by atoms with van der Waals surface area (Å²) in [5.74, 6) is 0.767. The topological polar surface area (TPSA) is 97.1 Å². The van der Waals surface area contributed by atoms with E-state index in [-0.39, 0.29) is 5.75 Å². The molecule has 0 spiro atoms. The highest BCUT2D eigenvalue weighted by molar-refractivity contribution is 7.99. The second kappa shape index (κ2) is 8.50. The van der Waals surface area contributed by atoms with E-state index >= 15 is 0 Å². The Morgan fingerprint density at radius 2 is 2.35 bits per heavy atom.